The van der Waals surface area contributed by atoms with Crippen molar-refractivity contribution in [3.8, 4) is 0 Å². The molecule has 1 aliphatic rings. The van der Waals surface area contributed by atoms with Gasteiger partial charge in [-0.05, 0) is 44.6 Å². The van der Waals surface area contributed by atoms with E-state index < -0.39 is 0 Å². The zero-order valence-electron chi connectivity index (χ0n) is 14.3. The lowest BCUT2D eigenvalue weighted by atomic mass is 10.0. The Bertz CT molecular complexity index is 525. The summed E-state index contributed by atoms with van der Waals surface area (Å²) in [6, 6.07) is 8.09. The third-order valence-corrected chi connectivity index (χ3v) is 4.42. The van der Waals surface area contributed by atoms with Crippen LogP contribution in [-0.4, -0.2) is 35.8 Å². The monoisotopic (exact) mass is 316 g/mol. The zero-order chi connectivity index (χ0) is 16.7. The largest absolute Gasteiger partial charge is 0.354 e. The van der Waals surface area contributed by atoms with Crippen molar-refractivity contribution < 1.29 is 9.59 Å². The van der Waals surface area contributed by atoms with Crippen LogP contribution in [-0.2, 0) is 16.0 Å². The average Bonchev–Trinajstić information content (AvgIpc) is 2.57. The van der Waals surface area contributed by atoms with Crippen molar-refractivity contribution in [1.29, 1.82) is 0 Å². The minimum atomic E-state index is -0.277. The van der Waals surface area contributed by atoms with E-state index in [0.29, 0.717) is 13.0 Å². The van der Waals surface area contributed by atoms with Crippen molar-refractivity contribution in [2.45, 2.75) is 58.4 Å². The summed E-state index contributed by atoms with van der Waals surface area (Å²) in [4.78, 5) is 26.4. The third-order valence-electron chi connectivity index (χ3n) is 4.42. The van der Waals surface area contributed by atoms with Gasteiger partial charge < -0.3 is 10.2 Å². The van der Waals surface area contributed by atoms with Crippen LogP contribution in [0.5, 0.6) is 0 Å². The van der Waals surface area contributed by atoms with Crippen LogP contribution in [0.15, 0.2) is 24.3 Å². The fourth-order valence-corrected chi connectivity index (χ4v) is 3.06. The third kappa shape index (κ3) is 5.08. The molecule has 1 atom stereocenters. The predicted molar refractivity (Wildman–Crippen MR) is 92.2 cm³/mol. The highest BCUT2D eigenvalue weighted by molar-refractivity contribution is 5.87. The Morgan fingerprint density at radius 2 is 1.96 bits per heavy atom. The van der Waals surface area contributed by atoms with E-state index in [9.17, 15) is 9.59 Å². The van der Waals surface area contributed by atoms with Crippen LogP contribution in [0.1, 0.15) is 50.2 Å². The van der Waals surface area contributed by atoms with Crippen LogP contribution < -0.4 is 5.32 Å². The van der Waals surface area contributed by atoms with Crippen molar-refractivity contribution in [2.75, 3.05) is 13.1 Å². The van der Waals surface area contributed by atoms with E-state index in [0.717, 1.165) is 38.6 Å². The lowest BCUT2D eigenvalue weighted by Gasteiger charge is -2.34. The van der Waals surface area contributed by atoms with E-state index >= 15 is 0 Å². The number of amides is 2. The standard InChI is InChI=1S/C19H28N2O2/c1-3-6-18(22)21-14-5-4-7-17(21)19(23)20-13-12-16-10-8-15(2)9-11-16/h8-11,17H,3-7,12-14H2,1-2H3,(H,20,23). The quantitative estimate of drug-likeness (QED) is 0.877. The van der Waals surface area contributed by atoms with Crippen LogP contribution in [0.25, 0.3) is 0 Å². The highest BCUT2D eigenvalue weighted by Crippen LogP contribution is 2.18. The number of aryl methyl sites for hydroxylation is 1. The summed E-state index contributed by atoms with van der Waals surface area (Å²) in [5.74, 6) is 0.118. The minimum absolute atomic E-state index is 0.00117. The number of rotatable bonds is 6. The van der Waals surface area contributed by atoms with Gasteiger partial charge in [-0.2, -0.15) is 0 Å². The molecule has 4 heteroatoms. The molecule has 0 aliphatic carbocycles. The van der Waals surface area contributed by atoms with E-state index in [-0.39, 0.29) is 17.9 Å². The molecule has 1 aromatic carbocycles. The predicted octanol–water partition coefficient (Wildman–Crippen LogP) is 2.83. The normalized spacial score (nSPS) is 17.8. The number of hydrogen-bond donors (Lipinski definition) is 1. The molecule has 0 radical (unpaired) electrons. The Morgan fingerprint density at radius 1 is 1.22 bits per heavy atom. The van der Waals surface area contributed by atoms with Gasteiger partial charge in [0, 0.05) is 19.5 Å². The van der Waals surface area contributed by atoms with Gasteiger partial charge in [-0.25, -0.2) is 0 Å². The van der Waals surface area contributed by atoms with E-state index in [2.05, 4.69) is 36.5 Å². The van der Waals surface area contributed by atoms with Crippen LogP contribution in [0, 0.1) is 6.92 Å². The number of carbonyl (C=O) groups is 2. The molecular weight excluding hydrogens is 288 g/mol. The van der Waals surface area contributed by atoms with Crippen molar-refractivity contribution in [1.82, 2.24) is 10.2 Å². The Kier molecular flexibility index (Phi) is 6.63. The summed E-state index contributed by atoms with van der Waals surface area (Å²) in [6.07, 6.45) is 4.99. The second-order valence-electron chi connectivity index (χ2n) is 6.38. The van der Waals surface area contributed by atoms with Gasteiger partial charge in [0.2, 0.25) is 11.8 Å². The molecule has 2 amide bonds. The zero-order valence-corrected chi connectivity index (χ0v) is 14.3. The van der Waals surface area contributed by atoms with Crippen molar-refractivity contribution in [3.05, 3.63) is 35.4 Å². The van der Waals surface area contributed by atoms with Gasteiger partial charge in [0.1, 0.15) is 6.04 Å². The summed E-state index contributed by atoms with van der Waals surface area (Å²) < 4.78 is 0. The maximum atomic E-state index is 12.5. The maximum Gasteiger partial charge on any atom is 0.242 e. The van der Waals surface area contributed by atoms with Gasteiger partial charge in [0.25, 0.3) is 0 Å². The molecule has 4 nitrogen and oxygen atoms in total. The van der Waals surface area contributed by atoms with Crippen LogP contribution in [0.4, 0.5) is 0 Å². The molecule has 1 aliphatic heterocycles. The van der Waals surface area contributed by atoms with Crippen molar-refractivity contribution in [3.63, 3.8) is 0 Å². The maximum absolute atomic E-state index is 12.5. The first-order valence-electron chi connectivity index (χ1n) is 8.74. The number of nitrogens with zero attached hydrogens (tertiary/aromatic N) is 1. The molecule has 0 aromatic heterocycles. The van der Waals surface area contributed by atoms with Crippen molar-refractivity contribution >= 4 is 11.8 Å². The summed E-state index contributed by atoms with van der Waals surface area (Å²) >= 11 is 0. The second kappa shape index (κ2) is 8.70. The smallest absolute Gasteiger partial charge is 0.242 e. The number of likely N-dealkylation sites (tertiary alicyclic amines) is 1. The lowest BCUT2D eigenvalue weighted by Crippen LogP contribution is -2.52. The fraction of sp³-hybridized carbons (Fsp3) is 0.579. The number of benzene rings is 1. The van der Waals surface area contributed by atoms with Gasteiger partial charge in [-0.3, -0.25) is 9.59 Å². The molecule has 1 saturated heterocycles. The number of carbonyl (C=O) groups excluding carboxylic acids is 2. The molecule has 1 heterocycles. The van der Waals surface area contributed by atoms with Gasteiger partial charge >= 0.3 is 0 Å². The molecular formula is C19H28N2O2. The van der Waals surface area contributed by atoms with Crippen molar-refractivity contribution in [2.24, 2.45) is 0 Å². The van der Waals surface area contributed by atoms with Gasteiger partial charge in [0.15, 0.2) is 0 Å². The summed E-state index contributed by atoms with van der Waals surface area (Å²) in [7, 11) is 0. The average molecular weight is 316 g/mol. The topological polar surface area (TPSA) is 49.4 Å². The Hall–Kier alpha value is -1.84. The summed E-state index contributed by atoms with van der Waals surface area (Å²) in [5, 5.41) is 3.01. The minimum Gasteiger partial charge on any atom is -0.354 e. The highest BCUT2D eigenvalue weighted by atomic mass is 16.2. The van der Waals surface area contributed by atoms with Gasteiger partial charge in [-0.15, -0.1) is 0 Å². The lowest BCUT2D eigenvalue weighted by molar-refractivity contribution is -0.142. The molecule has 1 N–H and O–H groups in total. The summed E-state index contributed by atoms with van der Waals surface area (Å²) in [5.41, 5.74) is 2.46. The Labute approximate surface area is 139 Å². The highest BCUT2D eigenvalue weighted by Gasteiger charge is 2.31. The Morgan fingerprint density at radius 3 is 2.65 bits per heavy atom. The molecule has 0 bridgehead atoms. The fourth-order valence-electron chi connectivity index (χ4n) is 3.06. The molecule has 0 saturated carbocycles. The van der Waals surface area contributed by atoms with E-state index in [1.165, 1.54) is 11.1 Å². The molecule has 1 aromatic rings. The first-order chi connectivity index (χ1) is 11.1. The molecule has 126 valence electrons. The molecule has 1 fully saturated rings. The molecule has 23 heavy (non-hydrogen) atoms. The van der Waals surface area contributed by atoms with Gasteiger partial charge in [-0.1, -0.05) is 36.8 Å². The number of piperidine rings is 1. The number of nitrogens with one attached hydrogen (secondary N) is 1. The molecule has 1 unspecified atom stereocenters. The SMILES string of the molecule is CCCC(=O)N1CCCCC1C(=O)NCCc1ccc(C)cc1. The molecule has 0 spiro atoms. The van der Waals surface area contributed by atoms with E-state index in [1.807, 2.05) is 6.92 Å². The first kappa shape index (κ1) is 17.5. The van der Waals surface area contributed by atoms with Crippen LogP contribution in [0.2, 0.25) is 0 Å². The first-order valence-corrected chi connectivity index (χ1v) is 8.74. The van der Waals surface area contributed by atoms with E-state index in [1.54, 1.807) is 4.90 Å². The van der Waals surface area contributed by atoms with Crippen LogP contribution in [0.3, 0.4) is 0 Å². The second-order valence-corrected chi connectivity index (χ2v) is 6.38. The molecule has 2 rings (SSSR count). The number of hydrogen-bond acceptors (Lipinski definition) is 2. The Balaban J connectivity index is 1.85. The summed E-state index contributed by atoms with van der Waals surface area (Å²) in [6.45, 7) is 5.40. The van der Waals surface area contributed by atoms with Crippen LogP contribution >= 0.6 is 0 Å². The van der Waals surface area contributed by atoms with E-state index in [4.69, 9.17) is 0 Å². The van der Waals surface area contributed by atoms with Gasteiger partial charge in [0.05, 0.1) is 0 Å².